The number of ether oxygens (including phenoxy) is 1. The summed E-state index contributed by atoms with van der Waals surface area (Å²) in [6.07, 6.45) is -2.85. The van der Waals surface area contributed by atoms with Gasteiger partial charge in [-0.15, -0.1) is 0 Å². The van der Waals surface area contributed by atoms with Gasteiger partial charge in [0.2, 0.25) is 0 Å². The predicted octanol–water partition coefficient (Wildman–Crippen LogP) is 10.2. The monoisotopic (exact) mass is 661 g/mol. The Kier molecular flexibility index (Phi) is 12.4. The molecular weight excluding hydrogens is 595 g/mol. The number of hydrogen-bond donors (Lipinski definition) is 0. The van der Waals surface area contributed by atoms with E-state index >= 15 is 0 Å². The Labute approximate surface area is 263 Å². The Morgan fingerprint density at radius 2 is 0.905 bits per heavy atom. The quantitative estimate of drug-likeness (QED) is 0.100. The molecule has 0 N–H and O–H groups in total. The smallest absolute Gasteiger partial charge is 0.192 e. The van der Waals surface area contributed by atoms with Gasteiger partial charge in [0, 0.05) is 4.91 Å². The molecule has 0 saturated carbocycles. The zero-order chi connectivity index (χ0) is 33.5. The molecule has 0 aromatic carbocycles. The molecule has 1 rings (SSSR count). The van der Waals surface area contributed by atoms with E-state index in [1.807, 2.05) is 0 Å². The number of hydrogen-bond acceptors (Lipinski definition) is 6. The average Bonchev–Trinajstić information content (AvgIpc) is 2.73. The highest BCUT2D eigenvalue weighted by atomic mass is 28.4. The molecule has 0 aliphatic carbocycles. The van der Waals surface area contributed by atoms with Gasteiger partial charge < -0.3 is 22.4 Å². The maximum Gasteiger partial charge on any atom is 0.192 e. The largest absolute Gasteiger partial charge is 0.414 e. The summed E-state index contributed by atoms with van der Waals surface area (Å²) in [7, 11) is -9.11. The summed E-state index contributed by atoms with van der Waals surface area (Å²) >= 11 is 0. The van der Waals surface area contributed by atoms with Crippen LogP contribution in [0.2, 0.25) is 72.5 Å². The lowest BCUT2D eigenvalue weighted by Crippen LogP contribution is -2.68. The Balaban J connectivity index is 3.92. The summed E-state index contributed by atoms with van der Waals surface area (Å²) in [6.45, 7) is 45.2. The van der Waals surface area contributed by atoms with Crippen LogP contribution in [-0.2, 0) is 22.4 Å². The third-order valence-corrected chi connectivity index (χ3v) is 28.8. The molecule has 248 valence electrons. The van der Waals surface area contributed by atoms with Gasteiger partial charge in [0.1, 0.15) is 24.4 Å². The minimum atomic E-state index is -2.34. The number of azide groups is 1. The van der Waals surface area contributed by atoms with E-state index in [0.717, 1.165) is 0 Å². The first-order chi connectivity index (χ1) is 18.3. The highest BCUT2D eigenvalue weighted by molar-refractivity contribution is 6.75. The van der Waals surface area contributed by atoms with E-state index < -0.39 is 63.9 Å². The van der Waals surface area contributed by atoms with Crippen molar-refractivity contribution in [1.82, 2.24) is 0 Å². The molecule has 12 heteroatoms. The van der Waals surface area contributed by atoms with Gasteiger partial charge in [-0.2, -0.15) is 0 Å². The SMILES string of the molecule is CC(C)(C)[Si](C)(C)OC[C@H]1O[C@@H](N=[N+]=[N-])[C@H](O[Si](C)(C)C(C)(C)C)[C@@H](O[Si](C)(C)C(C)(C)C)[C@H]1O[Si](C)(C)C(C)(C)C. The van der Waals surface area contributed by atoms with E-state index in [-0.39, 0.29) is 20.2 Å². The van der Waals surface area contributed by atoms with Crippen LogP contribution in [-0.4, -0.2) is 70.5 Å². The molecule has 0 aromatic heterocycles. The second kappa shape index (κ2) is 13.0. The first-order valence-corrected chi connectivity index (χ1v) is 27.3. The van der Waals surface area contributed by atoms with Gasteiger partial charge in [-0.25, -0.2) is 0 Å². The van der Waals surface area contributed by atoms with E-state index in [1.54, 1.807) is 0 Å². The Hall–Kier alpha value is -0.0225. The van der Waals surface area contributed by atoms with Crippen molar-refractivity contribution >= 4 is 33.3 Å². The third kappa shape index (κ3) is 9.50. The maximum atomic E-state index is 9.71. The van der Waals surface area contributed by atoms with E-state index in [9.17, 15) is 5.53 Å². The van der Waals surface area contributed by atoms with Crippen molar-refractivity contribution in [3.8, 4) is 0 Å². The molecule has 5 atom stereocenters. The second-order valence-corrected chi connectivity index (χ2v) is 37.4. The van der Waals surface area contributed by atoms with Crippen LogP contribution in [0, 0.1) is 0 Å². The summed E-state index contributed by atoms with van der Waals surface area (Å²) in [5.74, 6) is 0. The van der Waals surface area contributed by atoms with Crippen LogP contribution >= 0.6 is 0 Å². The van der Waals surface area contributed by atoms with Gasteiger partial charge in [-0.1, -0.05) is 88.2 Å². The fourth-order valence-electron chi connectivity index (χ4n) is 3.63. The molecule has 1 heterocycles. The highest BCUT2D eigenvalue weighted by Gasteiger charge is 2.56. The molecule has 0 unspecified atom stereocenters. The lowest BCUT2D eigenvalue weighted by Gasteiger charge is -2.54. The van der Waals surface area contributed by atoms with Crippen LogP contribution in [0.25, 0.3) is 10.4 Å². The van der Waals surface area contributed by atoms with Gasteiger partial charge in [0.25, 0.3) is 0 Å². The second-order valence-electron chi connectivity index (χ2n) is 18.4. The molecule has 0 amide bonds. The normalized spacial score (nSPS) is 25.8. The van der Waals surface area contributed by atoms with Crippen LogP contribution < -0.4 is 0 Å². The van der Waals surface area contributed by atoms with Crippen molar-refractivity contribution in [2.75, 3.05) is 6.61 Å². The van der Waals surface area contributed by atoms with Crippen molar-refractivity contribution in [2.45, 2.75) is 186 Å². The predicted molar refractivity (Wildman–Crippen MR) is 187 cm³/mol. The Morgan fingerprint density at radius 3 is 1.24 bits per heavy atom. The fraction of sp³-hybridized carbons (Fsp3) is 1.00. The van der Waals surface area contributed by atoms with Gasteiger partial charge >= 0.3 is 0 Å². The van der Waals surface area contributed by atoms with Crippen LogP contribution in [0.4, 0.5) is 0 Å². The molecule has 0 aromatic rings. The van der Waals surface area contributed by atoms with Gasteiger partial charge in [-0.05, 0) is 78.1 Å². The van der Waals surface area contributed by atoms with E-state index in [2.05, 4.69) is 145 Å². The van der Waals surface area contributed by atoms with Crippen molar-refractivity contribution in [3.63, 3.8) is 0 Å². The van der Waals surface area contributed by atoms with Crippen molar-refractivity contribution in [1.29, 1.82) is 0 Å². The summed E-state index contributed by atoms with van der Waals surface area (Å²) in [6, 6.07) is 0. The van der Waals surface area contributed by atoms with E-state index in [1.165, 1.54) is 0 Å². The van der Waals surface area contributed by atoms with Crippen LogP contribution in [0.5, 0.6) is 0 Å². The number of nitrogens with zero attached hydrogens (tertiary/aromatic N) is 3. The molecule has 0 radical (unpaired) electrons. The van der Waals surface area contributed by atoms with Crippen molar-refractivity contribution in [3.05, 3.63) is 10.4 Å². The van der Waals surface area contributed by atoms with Crippen molar-refractivity contribution < 1.29 is 22.4 Å². The standard InChI is InChI=1S/C30H67N3O5Si4/c1-27(2,3)39(13,14)34-21-22-23(36-40(15,16)28(4,5)6)24(37-41(17,18)29(7,8)9)25(26(35-22)32-33-31)38-42(19,20)30(10,11)12/h22-26H,21H2,1-20H3/t22-,23+,24+,25-,26-/m1/s1. The molecule has 8 nitrogen and oxygen atoms in total. The van der Waals surface area contributed by atoms with Gasteiger partial charge in [0.15, 0.2) is 39.5 Å². The zero-order valence-electron chi connectivity index (χ0n) is 31.0. The molecule has 1 saturated heterocycles. The summed E-state index contributed by atoms with van der Waals surface area (Å²) in [4.78, 5) is 3.23. The minimum Gasteiger partial charge on any atom is -0.414 e. The van der Waals surface area contributed by atoms with Crippen LogP contribution in [0.3, 0.4) is 0 Å². The molecule has 1 fully saturated rings. The fourth-order valence-corrected chi connectivity index (χ4v) is 8.55. The Morgan fingerprint density at radius 1 is 0.571 bits per heavy atom. The van der Waals surface area contributed by atoms with Gasteiger partial charge in [0.05, 0.1) is 6.61 Å². The lowest BCUT2D eigenvalue weighted by atomic mass is 9.99. The Bertz CT molecular complexity index is 956. The van der Waals surface area contributed by atoms with E-state index in [0.29, 0.717) is 6.61 Å². The topological polar surface area (TPSA) is 94.9 Å². The highest BCUT2D eigenvalue weighted by Crippen LogP contribution is 2.46. The molecule has 42 heavy (non-hydrogen) atoms. The lowest BCUT2D eigenvalue weighted by molar-refractivity contribution is -0.214. The van der Waals surface area contributed by atoms with Crippen LogP contribution in [0.15, 0.2) is 5.11 Å². The average molecular weight is 662 g/mol. The molecule has 0 spiro atoms. The minimum absolute atomic E-state index is 0.0310. The molecule has 1 aliphatic heterocycles. The number of rotatable bonds is 10. The van der Waals surface area contributed by atoms with Crippen molar-refractivity contribution in [2.24, 2.45) is 5.11 Å². The summed E-state index contributed by atoms with van der Waals surface area (Å²) in [5, 5.41) is 4.09. The summed E-state index contributed by atoms with van der Waals surface area (Å²) < 4.78 is 35.2. The zero-order valence-corrected chi connectivity index (χ0v) is 35.0. The maximum absolute atomic E-state index is 9.71. The first-order valence-electron chi connectivity index (χ1n) is 15.7. The molecule has 0 bridgehead atoms. The first kappa shape index (κ1) is 40.0. The van der Waals surface area contributed by atoms with E-state index in [4.69, 9.17) is 22.4 Å². The summed E-state index contributed by atoms with van der Waals surface area (Å²) in [5.41, 5.74) is 9.71. The third-order valence-electron chi connectivity index (χ3n) is 10.9. The van der Waals surface area contributed by atoms with Crippen LogP contribution in [0.1, 0.15) is 83.1 Å². The van der Waals surface area contributed by atoms with Gasteiger partial charge in [-0.3, -0.25) is 0 Å². The molecule has 1 aliphatic rings. The molecular formula is C30H67N3O5Si4.